The molecule has 2 fully saturated rings. The van der Waals surface area contributed by atoms with E-state index in [2.05, 4.69) is 6.58 Å². The standard InChI is InChI=1S/C22H30O4/c1-16(2)20(23)26-19-14-17(21(24)9-5-3-6-10-21)13-18(15-19)22(25)11-7-4-8-12-22/h13-15,24-25H,1,3-12H2,2H3. The molecule has 4 heteroatoms. The van der Waals surface area contributed by atoms with Crippen molar-refractivity contribution in [1.29, 1.82) is 0 Å². The number of benzene rings is 1. The van der Waals surface area contributed by atoms with Crippen molar-refractivity contribution in [2.45, 2.75) is 82.3 Å². The summed E-state index contributed by atoms with van der Waals surface area (Å²) in [5, 5.41) is 22.4. The van der Waals surface area contributed by atoms with Crippen LogP contribution in [-0.2, 0) is 16.0 Å². The van der Waals surface area contributed by atoms with Crippen LogP contribution in [0.15, 0.2) is 30.4 Å². The summed E-state index contributed by atoms with van der Waals surface area (Å²) in [7, 11) is 0. The minimum Gasteiger partial charge on any atom is -0.423 e. The highest BCUT2D eigenvalue weighted by molar-refractivity contribution is 5.88. The van der Waals surface area contributed by atoms with Gasteiger partial charge in [0.15, 0.2) is 0 Å². The molecule has 2 N–H and O–H groups in total. The highest BCUT2D eigenvalue weighted by Gasteiger charge is 2.36. The van der Waals surface area contributed by atoms with Gasteiger partial charge >= 0.3 is 5.97 Å². The predicted octanol–water partition coefficient (Wildman–Crippen LogP) is 4.47. The van der Waals surface area contributed by atoms with E-state index in [0.717, 1.165) is 49.7 Å². The van der Waals surface area contributed by atoms with Gasteiger partial charge in [-0.1, -0.05) is 45.1 Å². The maximum atomic E-state index is 12.0. The molecule has 2 aliphatic rings. The quantitative estimate of drug-likeness (QED) is 0.473. The van der Waals surface area contributed by atoms with E-state index in [-0.39, 0.29) is 0 Å². The van der Waals surface area contributed by atoms with Crippen LogP contribution in [0.3, 0.4) is 0 Å². The molecule has 0 saturated heterocycles. The van der Waals surface area contributed by atoms with Gasteiger partial charge in [0.05, 0.1) is 11.2 Å². The molecule has 0 spiro atoms. The Bertz CT molecular complexity index is 637. The molecule has 2 aliphatic carbocycles. The summed E-state index contributed by atoms with van der Waals surface area (Å²) in [5.41, 5.74) is -0.00556. The molecule has 142 valence electrons. The Kier molecular flexibility index (Phi) is 5.54. The Morgan fingerprint density at radius 2 is 1.31 bits per heavy atom. The van der Waals surface area contributed by atoms with Crippen LogP contribution in [0.25, 0.3) is 0 Å². The third-order valence-corrected chi connectivity index (χ3v) is 5.90. The summed E-state index contributed by atoms with van der Waals surface area (Å²) in [4.78, 5) is 12.0. The summed E-state index contributed by atoms with van der Waals surface area (Å²) in [5.74, 6) is -0.108. The summed E-state index contributed by atoms with van der Waals surface area (Å²) in [6.45, 7) is 5.24. The number of aliphatic hydroxyl groups is 2. The molecule has 0 aliphatic heterocycles. The zero-order valence-electron chi connectivity index (χ0n) is 15.7. The Hall–Kier alpha value is -1.65. The second kappa shape index (κ2) is 7.53. The molecule has 2 saturated carbocycles. The first-order valence-electron chi connectivity index (χ1n) is 9.81. The minimum absolute atomic E-state index is 0.324. The van der Waals surface area contributed by atoms with E-state index in [1.807, 2.05) is 6.07 Å². The predicted molar refractivity (Wildman–Crippen MR) is 101 cm³/mol. The van der Waals surface area contributed by atoms with Crippen LogP contribution in [0, 0.1) is 0 Å². The van der Waals surface area contributed by atoms with E-state index < -0.39 is 17.2 Å². The van der Waals surface area contributed by atoms with Gasteiger partial charge in [0.1, 0.15) is 5.75 Å². The van der Waals surface area contributed by atoms with Crippen molar-refractivity contribution in [1.82, 2.24) is 0 Å². The van der Waals surface area contributed by atoms with Gasteiger partial charge in [0.2, 0.25) is 0 Å². The topological polar surface area (TPSA) is 66.8 Å². The van der Waals surface area contributed by atoms with Crippen molar-refractivity contribution >= 4 is 5.97 Å². The van der Waals surface area contributed by atoms with E-state index >= 15 is 0 Å². The molecule has 0 radical (unpaired) electrons. The SMILES string of the molecule is C=C(C)C(=O)Oc1cc(C2(O)CCCCC2)cc(C2(O)CCCCC2)c1. The first kappa shape index (κ1) is 19.1. The minimum atomic E-state index is -0.913. The van der Waals surface area contributed by atoms with Gasteiger partial charge in [-0.05, 0) is 61.9 Å². The van der Waals surface area contributed by atoms with Gasteiger partial charge < -0.3 is 14.9 Å². The Labute approximate surface area is 155 Å². The highest BCUT2D eigenvalue weighted by Crippen LogP contribution is 2.43. The van der Waals surface area contributed by atoms with E-state index in [1.165, 1.54) is 0 Å². The van der Waals surface area contributed by atoms with E-state index in [4.69, 9.17) is 4.74 Å². The number of hydrogen-bond donors (Lipinski definition) is 2. The maximum absolute atomic E-state index is 12.0. The van der Waals surface area contributed by atoms with Gasteiger partial charge in [0, 0.05) is 5.57 Å². The number of rotatable bonds is 4. The molecule has 0 amide bonds. The lowest BCUT2D eigenvalue weighted by Gasteiger charge is -2.36. The zero-order chi connectivity index (χ0) is 18.8. The number of ether oxygens (including phenoxy) is 1. The third-order valence-electron chi connectivity index (χ3n) is 5.90. The lowest BCUT2D eigenvalue weighted by molar-refractivity contribution is -0.130. The van der Waals surface area contributed by atoms with Crippen molar-refractivity contribution < 1.29 is 19.7 Å². The van der Waals surface area contributed by atoms with Crippen LogP contribution in [-0.4, -0.2) is 16.2 Å². The van der Waals surface area contributed by atoms with Crippen molar-refractivity contribution in [3.05, 3.63) is 41.5 Å². The zero-order valence-corrected chi connectivity index (χ0v) is 15.7. The average Bonchev–Trinajstić information content (AvgIpc) is 2.62. The summed E-state index contributed by atoms with van der Waals surface area (Å²) >= 11 is 0. The second-order valence-electron chi connectivity index (χ2n) is 8.10. The van der Waals surface area contributed by atoms with Crippen LogP contribution >= 0.6 is 0 Å². The Balaban J connectivity index is 2.01. The van der Waals surface area contributed by atoms with Crippen LogP contribution in [0.1, 0.15) is 82.3 Å². The lowest BCUT2D eigenvalue weighted by atomic mass is 9.75. The fourth-order valence-corrected chi connectivity index (χ4v) is 4.24. The lowest BCUT2D eigenvalue weighted by Crippen LogP contribution is -2.32. The van der Waals surface area contributed by atoms with Crippen LogP contribution in [0.2, 0.25) is 0 Å². The van der Waals surface area contributed by atoms with Crippen LogP contribution in [0.4, 0.5) is 0 Å². The Morgan fingerprint density at radius 3 is 1.69 bits per heavy atom. The Morgan fingerprint density at radius 1 is 0.885 bits per heavy atom. The molecule has 0 heterocycles. The first-order valence-corrected chi connectivity index (χ1v) is 9.81. The van der Waals surface area contributed by atoms with Crippen molar-refractivity contribution in [2.75, 3.05) is 0 Å². The van der Waals surface area contributed by atoms with Gasteiger partial charge in [-0.25, -0.2) is 4.79 Å². The van der Waals surface area contributed by atoms with Gasteiger partial charge in [0.25, 0.3) is 0 Å². The normalized spacial score (nSPS) is 21.8. The fourth-order valence-electron chi connectivity index (χ4n) is 4.24. The van der Waals surface area contributed by atoms with E-state index in [9.17, 15) is 15.0 Å². The monoisotopic (exact) mass is 358 g/mol. The molecule has 0 atom stereocenters. The van der Waals surface area contributed by atoms with Gasteiger partial charge in [-0.2, -0.15) is 0 Å². The molecular weight excluding hydrogens is 328 g/mol. The first-order chi connectivity index (χ1) is 12.3. The largest absolute Gasteiger partial charge is 0.423 e. The van der Waals surface area contributed by atoms with Gasteiger partial charge in [-0.3, -0.25) is 0 Å². The smallest absolute Gasteiger partial charge is 0.338 e. The maximum Gasteiger partial charge on any atom is 0.338 e. The molecule has 26 heavy (non-hydrogen) atoms. The highest BCUT2D eigenvalue weighted by atomic mass is 16.5. The van der Waals surface area contributed by atoms with E-state index in [1.54, 1.807) is 19.1 Å². The molecule has 3 rings (SSSR count). The summed E-state index contributed by atoms with van der Waals surface area (Å²) in [6.07, 6.45) is 8.96. The van der Waals surface area contributed by atoms with Crippen molar-refractivity contribution in [3.8, 4) is 5.75 Å². The van der Waals surface area contributed by atoms with Crippen molar-refractivity contribution in [2.24, 2.45) is 0 Å². The molecule has 0 unspecified atom stereocenters. The van der Waals surface area contributed by atoms with E-state index in [0.29, 0.717) is 37.0 Å². The average molecular weight is 358 g/mol. The summed E-state index contributed by atoms with van der Waals surface area (Å²) in [6, 6.07) is 5.43. The molecule has 0 aromatic heterocycles. The van der Waals surface area contributed by atoms with Crippen molar-refractivity contribution in [3.63, 3.8) is 0 Å². The van der Waals surface area contributed by atoms with Crippen LogP contribution in [0.5, 0.6) is 5.75 Å². The fraction of sp³-hybridized carbons (Fsp3) is 0.591. The molecule has 1 aromatic carbocycles. The van der Waals surface area contributed by atoms with Gasteiger partial charge in [-0.15, -0.1) is 0 Å². The molecule has 1 aromatic rings. The summed E-state index contributed by atoms with van der Waals surface area (Å²) < 4.78 is 5.47. The number of hydrogen-bond acceptors (Lipinski definition) is 4. The number of carbonyl (C=O) groups is 1. The molecule has 0 bridgehead atoms. The third kappa shape index (κ3) is 4.02. The number of carbonyl (C=O) groups excluding carboxylic acids is 1. The van der Waals surface area contributed by atoms with Crippen LogP contribution < -0.4 is 4.74 Å². The molecule has 4 nitrogen and oxygen atoms in total. The molecular formula is C22H30O4. The second-order valence-corrected chi connectivity index (χ2v) is 8.10. The number of esters is 1.